The molecule has 0 aliphatic carbocycles. The smallest absolute Gasteiger partial charge is 0.166 e. The highest BCUT2D eigenvalue weighted by Gasteiger charge is 2.40. The van der Waals surface area contributed by atoms with Crippen LogP contribution in [0.4, 0.5) is 4.39 Å². The van der Waals surface area contributed by atoms with Crippen molar-refractivity contribution < 1.29 is 19.0 Å². The molecule has 0 aromatic heterocycles. The van der Waals surface area contributed by atoms with Gasteiger partial charge in [-0.3, -0.25) is 4.90 Å². The lowest BCUT2D eigenvalue weighted by Gasteiger charge is -2.46. The van der Waals surface area contributed by atoms with E-state index in [-0.39, 0.29) is 11.8 Å². The van der Waals surface area contributed by atoms with E-state index in [1.54, 1.807) is 19.2 Å². The van der Waals surface area contributed by atoms with E-state index >= 15 is 0 Å². The molecular formula is C18H22FNO3. The molecule has 3 fully saturated rings. The Kier molecular flexibility index (Phi) is 5.16. The number of halogens is 1. The Balaban J connectivity index is 1.68. The molecule has 0 radical (unpaired) electrons. The van der Waals surface area contributed by atoms with Crippen LogP contribution < -0.4 is 4.74 Å². The predicted octanol–water partition coefficient (Wildman–Crippen LogP) is 1.66. The Bertz CT molecular complexity index is 600. The first-order valence-corrected chi connectivity index (χ1v) is 8.04. The highest BCUT2D eigenvalue weighted by molar-refractivity contribution is 5.40. The Morgan fingerprint density at radius 1 is 1.30 bits per heavy atom. The van der Waals surface area contributed by atoms with E-state index in [1.165, 1.54) is 6.07 Å². The van der Waals surface area contributed by atoms with Crippen molar-refractivity contribution in [1.82, 2.24) is 4.90 Å². The summed E-state index contributed by atoms with van der Waals surface area (Å²) < 4.78 is 24.1. The van der Waals surface area contributed by atoms with E-state index in [1.807, 2.05) is 0 Å². The summed E-state index contributed by atoms with van der Waals surface area (Å²) in [5, 5.41) is 10.3. The van der Waals surface area contributed by atoms with E-state index in [4.69, 9.17) is 9.47 Å². The summed E-state index contributed by atoms with van der Waals surface area (Å²) in [5.74, 6) is 6.23. The van der Waals surface area contributed by atoms with Gasteiger partial charge in [-0.15, -0.1) is 0 Å². The van der Waals surface area contributed by atoms with Gasteiger partial charge >= 0.3 is 0 Å². The number of piperidine rings is 3. The number of fused-ring (bicyclic) bond motifs is 3. The van der Waals surface area contributed by atoms with Crippen molar-refractivity contribution >= 4 is 0 Å². The lowest BCUT2D eigenvalue weighted by Crippen LogP contribution is -2.57. The second-order valence-corrected chi connectivity index (χ2v) is 6.06. The lowest BCUT2D eigenvalue weighted by atomic mass is 9.81. The number of aliphatic hydroxyl groups excluding tert-OH is 1. The molecule has 23 heavy (non-hydrogen) atoms. The molecule has 124 valence electrons. The molecule has 4 nitrogen and oxygen atoms in total. The minimum Gasteiger partial charge on any atom is -0.488 e. The monoisotopic (exact) mass is 319 g/mol. The van der Waals surface area contributed by atoms with Crippen LogP contribution >= 0.6 is 0 Å². The Labute approximate surface area is 136 Å². The maximum Gasteiger partial charge on any atom is 0.166 e. The lowest BCUT2D eigenvalue weighted by molar-refractivity contribution is -0.0500. The van der Waals surface area contributed by atoms with Gasteiger partial charge in [-0.2, -0.15) is 0 Å². The first-order chi connectivity index (χ1) is 11.2. The summed E-state index contributed by atoms with van der Waals surface area (Å²) in [6.45, 7) is 2.70. The van der Waals surface area contributed by atoms with Crippen LogP contribution in [0.1, 0.15) is 18.4 Å². The summed E-state index contributed by atoms with van der Waals surface area (Å²) in [6.07, 6.45) is 1.69. The average Bonchev–Trinajstić information content (AvgIpc) is 2.57. The third-order valence-corrected chi connectivity index (χ3v) is 4.62. The van der Waals surface area contributed by atoms with Gasteiger partial charge in [-0.25, -0.2) is 4.39 Å². The number of aliphatic hydroxyl groups is 1. The van der Waals surface area contributed by atoms with Gasteiger partial charge in [0, 0.05) is 12.7 Å². The molecule has 5 heteroatoms. The number of nitrogens with zero attached hydrogens (tertiary/aromatic N) is 1. The quantitative estimate of drug-likeness (QED) is 0.677. The molecule has 3 aliphatic heterocycles. The second-order valence-electron chi connectivity index (χ2n) is 6.06. The van der Waals surface area contributed by atoms with Gasteiger partial charge < -0.3 is 14.6 Å². The molecule has 3 saturated heterocycles. The van der Waals surface area contributed by atoms with E-state index in [0.717, 1.165) is 25.9 Å². The molecule has 0 amide bonds. The molecule has 1 N–H and O–H groups in total. The highest BCUT2D eigenvalue weighted by Crippen LogP contribution is 2.32. The van der Waals surface area contributed by atoms with Crippen molar-refractivity contribution in [3.63, 3.8) is 0 Å². The van der Waals surface area contributed by atoms with Crippen LogP contribution in [0.15, 0.2) is 18.2 Å². The Hall–Kier alpha value is -1.61. The normalized spacial score (nSPS) is 29.0. The molecule has 2 bridgehead atoms. The SMILES string of the molecule is COCCOc1ccc(C#CC2C(O)C3CCN2CC3)cc1F. The molecular weight excluding hydrogens is 297 g/mol. The van der Waals surface area contributed by atoms with Crippen molar-refractivity contribution in [2.45, 2.75) is 25.0 Å². The zero-order valence-electron chi connectivity index (χ0n) is 13.3. The Morgan fingerprint density at radius 3 is 2.74 bits per heavy atom. The third kappa shape index (κ3) is 3.66. The number of hydrogen-bond acceptors (Lipinski definition) is 4. The van der Waals surface area contributed by atoms with E-state index < -0.39 is 11.9 Å². The summed E-state index contributed by atoms with van der Waals surface area (Å²) in [5.41, 5.74) is 0.594. The zero-order valence-corrected chi connectivity index (χ0v) is 13.3. The van der Waals surface area contributed by atoms with Gasteiger partial charge in [-0.05, 0) is 50.0 Å². The number of ether oxygens (including phenoxy) is 2. The molecule has 2 atom stereocenters. The molecule has 3 heterocycles. The summed E-state index contributed by atoms with van der Waals surface area (Å²) in [6, 6.07) is 4.56. The van der Waals surface area contributed by atoms with Crippen LogP contribution in [-0.2, 0) is 4.74 Å². The maximum atomic E-state index is 14.0. The minimum absolute atomic E-state index is 0.136. The topological polar surface area (TPSA) is 41.9 Å². The van der Waals surface area contributed by atoms with Crippen molar-refractivity contribution in [3.8, 4) is 17.6 Å². The third-order valence-electron chi connectivity index (χ3n) is 4.62. The van der Waals surface area contributed by atoms with Crippen molar-refractivity contribution in [2.24, 2.45) is 5.92 Å². The van der Waals surface area contributed by atoms with Crippen molar-refractivity contribution in [3.05, 3.63) is 29.6 Å². The highest BCUT2D eigenvalue weighted by atomic mass is 19.1. The fraction of sp³-hybridized carbons (Fsp3) is 0.556. The first-order valence-electron chi connectivity index (χ1n) is 8.04. The summed E-state index contributed by atoms with van der Waals surface area (Å²) in [7, 11) is 1.57. The summed E-state index contributed by atoms with van der Waals surface area (Å²) in [4.78, 5) is 2.22. The molecule has 3 aliphatic rings. The van der Waals surface area contributed by atoms with Gasteiger partial charge in [0.2, 0.25) is 0 Å². The fourth-order valence-electron chi connectivity index (χ4n) is 3.28. The zero-order chi connectivity index (χ0) is 16.2. The first kappa shape index (κ1) is 16.3. The molecule has 1 aromatic rings. The predicted molar refractivity (Wildman–Crippen MR) is 84.7 cm³/mol. The standard InChI is InChI=1S/C18H22FNO3/c1-22-10-11-23-17-5-3-13(12-15(17)19)2-4-16-18(21)14-6-8-20(16)9-7-14/h3,5,12,14,16,18,21H,6-11H2,1H3. The maximum absolute atomic E-state index is 14.0. The number of hydrogen-bond donors (Lipinski definition) is 1. The van der Waals surface area contributed by atoms with E-state index in [0.29, 0.717) is 24.7 Å². The van der Waals surface area contributed by atoms with Crippen LogP contribution in [0.2, 0.25) is 0 Å². The van der Waals surface area contributed by atoms with Crippen LogP contribution in [0.25, 0.3) is 0 Å². The van der Waals surface area contributed by atoms with E-state index in [2.05, 4.69) is 16.7 Å². The van der Waals surface area contributed by atoms with Crippen LogP contribution in [-0.4, -0.2) is 55.6 Å². The minimum atomic E-state index is -0.432. The summed E-state index contributed by atoms with van der Waals surface area (Å²) >= 11 is 0. The molecule has 2 unspecified atom stereocenters. The second kappa shape index (κ2) is 7.31. The van der Waals surface area contributed by atoms with Crippen LogP contribution in [0, 0.1) is 23.6 Å². The van der Waals surface area contributed by atoms with Gasteiger partial charge in [-0.1, -0.05) is 11.8 Å². The van der Waals surface area contributed by atoms with Crippen molar-refractivity contribution in [2.75, 3.05) is 33.4 Å². The van der Waals surface area contributed by atoms with Crippen molar-refractivity contribution in [1.29, 1.82) is 0 Å². The average molecular weight is 319 g/mol. The molecule has 4 rings (SSSR count). The molecule has 0 spiro atoms. The van der Waals surface area contributed by atoms with E-state index in [9.17, 15) is 9.50 Å². The molecule has 0 saturated carbocycles. The van der Waals surface area contributed by atoms with Gasteiger partial charge in [0.1, 0.15) is 6.61 Å². The number of methoxy groups -OCH3 is 1. The van der Waals surface area contributed by atoms with Crippen LogP contribution in [0.5, 0.6) is 5.75 Å². The van der Waals surface area contributed by atoms with Crippen LogP contribution in [0.3, 0.4) is 0 Å². The largest absolute Gasteiger partial charge is 0.488 e. The van der Waals surface area contributed by atoms with Gasteiger partial charge in [0.25, 0.3) is 0 Å². The number of rotatable bonds is 4. The number of benzene rings is 1. The van der Waals surface area contributed by atoms with Gasteiger partial charge in [0.15, 0.2) is 11.6 Å². The molecule has 1 aromatic carbocycles. The van der Waals surface area contributed by atoms with Gasteiger partial charge in [0.05, 0.1) is 18.8 Å². The Morgan fingerprint density at radius 2 is 2.09 bits per heavy atom. The fourth-order valence-corrected chi connectivity index (χ4v) is 3.28.